The lowest BCUT2D eigenvalue weighted by Gasteiger charge is -2.23. The lowest BCUT2D eigenvalue weighted by molar-refractivity contribution is -0.133. The molecule has 144 valence electrons. The molecule has 2 amide bonds. The fraction of sp³-hybridized carbons (Fsp3) is 0.318. The Labute approximate surface area is 168 Å². The summed E-state index contributed by atoms with van der Waals surface area (Å²) in [7, 11) is 0. The van der Waals surface area contributed by atoms with Gasteiger partial charge in [-0.1, -0.05) is 29.8 Å². The van der Waals surface area contributed by atoms with E-state index in [0.29, 0.717) is 0 Å². The summed E-state index contributed by atoms with van der Waals surface area (Å²) in [6, 6.07) is 15.7. The van der Waals surface area contributed by atoms with Crippen LogP contribution in [0.25, 0.3) is 10.2 Å². The van der Waals surface area contributed by atoms with Crippen LogP contribution in [0.4, 0.5) is 5.69 Å². The third-order valence-electron chi connectivity index (χ3n) is 5.07. The molecule has 0 aliphatic carbocycles. The molecule has 0 radical (unpaired) electrons. The zero-order valence-electron chi connectivity index (χ0n) is 15.9. The van der Waals surface area contributed by atoms with E-state index in [9.17, 15) is 9.59 Å². The molecule has 1 atom stereocenters. The number of benzene rings is 2. The zero-order valence-corrected chi connectivity index (χ0v) is 16.7. The van der Waals surface area contributed by atoms with Gasteiger partial charge in [0.1, 0.15) is 5.01 Å². The predicted octanol–water partition coefficient (Wildman–Crippen LogP) is 4.69. The van der Waals surface area contributed by atoms with Crippen molar-refractivity contribution < 1.29 is 9.59 Å². The number of fused-ring (bicyclic) bond motifs is 1. The number of likely N-dealkylation sites (tertiary alicyclic amines) is 1. The van der Waals surface area contributed by atoms with Crippen LogP contribution < -0.4 is 5.32 Å². The van der Waals surface area contributed by atoms with Crippen LogP contribution in [-0.2, 0) is 9.59 Å². The maximum Gasteiger partial charge on any atom is 0.224 e. The number of anilines is 1. The van der Waals surface area contributed by atoms with E-state index in [4.69, 9.17) is 4.98 Å². The average Bonchev–Trinajstić information content (AvgIpc) is 3.34. The van der Waals surface area contributed by atoms with Crippen molar-refractivity contribution in [2.24, 2.45) is 0 Å². The highest BCUT2D eigenvalue weighted by molar-refractivity contribution is 7.18. The number of thiazole rings is 1. The van der Waals surface area contributed by atoms with Crippen LogP contribution in [-0.4, -0.2) is 28.2 Å². The van der Waals surface area contributed by atoms with Crippen molar-refractivity contribution in [2.45, 2.75) is 38.6 Å². The summed E-state index contributed by atoms with van der Waals surface area (Å²) < 4.78 is 1.15. The molecule has 0 saturated carbocycles. The molecule has 1 N–H and O–H groups in total. The zero-order chi connectivity index (χ0) is 19.5. The topological polar surface area (TPSA) is 62.3 Å². The Morgan fingerprint density at radius 3 is 2.71 bits per heavy atom. The van der Waals surface area contributed by atoms with Gasteiger partial charge in [-0.25, -0.2) is 4.98 Å². The van der Waals surface area contributed by atoms with Crippen molar-refractivity contribution in [3.05, 3.63) is 59.1 Å². The number of nitrogens with one attached hydrogen (secondary N) is 1. The van der Waals surface area contributed by atoms with Crippen LogP contribution in [0.15, 0.2) is 48.5 Å². The fourth-order valence-electron chi connectivity index (χ4n) is 3.58. The van der Waals surface area contributed by atoms with Gasteiger partial charge in [0.05, 0.1) is 16.3 Å². The van der Waals surface area contributed by atoms with Crippen molar-refractivity contribution in [3.8, 4) is 0 Å². The summed E-state index contributed by atoms with van der Waals surface area (Å²) in [5.41, 5.74) is 2.89. The third kappa shape index (κ3) is 4.07. The molecule has 6 heteroatoms. The Balaban J connectivity index is 1.36. The SMILES string of the molecule is Cc1ccc(NC(=O)CCC(=O)N2CCCC2c2nc3ccccc3s2)cc1. The van der Waals surface area contributed by atoms with Crippen LogP contribution in [0.3, 0.4) is 0 Å². The van der Waals surface area contributed by atoms with E-state index in [1.807, 2.05) is 54.3 Å². The number of aryl methyl sites for hydroxylation is 1. The van der Waals surface area contributed by atoms with Gasteiger partial charge in [0, 0.05) is 25.1 Å². The van der Waals surface area contributed by atoms with Crippen LogP contribution in [0, 0.1) is 6.92 Å². The lowest BCUT2D eigenvalue weighted by atomic mass is 10.2. The Hall–Kier alpha value is -2.73. The minimum atomic E-state index is -0.132. The Bertz CT molecular complexity index is 963. The lowest BCUT2D eigenvalue weighted by Crippen LogP contribution is -2.31. The first-order chi connectivity index (χ1) is 13.6. The summed E-state index contributed by atoms with van der Waals surface area (Å²) in [5.74, 6) is -0.103. The van der Waals surface area contributed by atoms with Gasteiger partial charge in [-0.15, -0.1) is 11.3 Å². The highest BCUT2D eigenvalue weighted by atomic mass is 32.1. The van der Waals surface area contributed by atoms with Crippen molar-refractivity contribution in [1.29, 1.82) is 0 Å². The van der Waals surface area contributed by atoms with E-state index in [0.717, 1.165) is 45.9 Å². The van der Waals surface area contributed by atoms with E-state index in [1.165, 1.54) is 0 Å². The molecule has 0 spiro atoms. The summed E-state index contributed by atoms with van der Waals surface area (Å²) in [6.45, 7) is 2.74. The fourth-order valence-corrected chi connectivity index (χ4v) is 4.69. The van der Waals surface area contributed by atoms with E-state index in [-0.39, 0.29) is 30.7 Å². The van der Waals surface area contributed by atoms with Gasteiger partial charge in [-0.2, -0.15) is 0 Å². The van der Waals surface area contributed by atoms with Crippen LogP contribution in [0.2, 0.25) is 0 Å². The summed E-state index contributed by atoms with van der Waals surface area (Å²) in [6.07, 6.45) is 2.32. The predicted molar refractivity (Wildman–Crippen MR) is 112 cm³/mol. The summed E-state index contributed by atoms with van der Waals surface area (Å²) in [4.78, 5) is 31.6. The van der Waals surface area contributed by atoms with Crippen molar-refractivity contribution in [2.75, 3.05) is 11.9 Å². The number of rotatable bonds is 5. The maximum atomic E-state index is 12.8. The molecule has 1 aliphatic heterocycles. The number of carbonyl (C=O) groups excluding carboxylic acids is 2. The third-order valence-corrected chi connectivity index (χ3v) is 6.21. The van der Waals surface area contributed by atoms with Gasteiger partial charge in [0.15, 0.2) is 0 Å². The number of nitrogens with zero attached hydrogens (tertiary/aromatic N) is 2. The first kappa shape index (κ1) is 18.6. The number of aromatic nitrogens is 1. The Kier molecular flexibility index (Phi) is 5.39. The molecule has 28 heavy (non-hydrogen) atoms. The highest BCUT2D eigenvalue weighted by Gasteiger charge is 2.32. The number of carbonyl (C=O) groups is 2. The molecule has 2 heterocycles. The Morgan fingerprint density at radius 1 is 1.14 bits per heavy atom. The second-order valence-corrected chi connectivity index (χ2v) is 8.24. The van der Waals surface area contributed by atoms with Gasteiger partial charge in [-0.3, -0.25) is 9.59 Å². The highest BCUT2D eigenvalue weighted by Crippen LogP contribution is 2.36. The maximum absolute atomic E-state index is 12.8. The molecule has 2 aromatic carbocycles. The largest absolute Gasteiger partial charge is 0.333 e. The molecule has 4 rings (SSSR count). The van der Waals surface area contributed by atoms with Crippen LogP contribution in [0.1, 0.15) is 42.3 Å². The molecule has 5 nitrogen and oxygen atoms in total. The monoisotopic (exact) mass is 393 g/mol. The van der Waals surface area contributed by atoms with Gasteiger partial charge in [0.25, 0.3) is 0 Å². The molecule has 1 fully saturated rings. The normalized spacial score (nSPS) is 16.5. The molecule has 1 saturated heterocycles. The van der Waals surface area contributed by atoms with Gasteiger partial charge < -0.3 is 10.2 Å². The molecule has 1 aliphatic rings. The van der Waals surface area contributed by atoms with E-state index in [1.54, 1.807) is 11.3 Å². The van der Waals surface area contributed by atoms with Gasteiger partial charge in [0.2, 0.25) is 11.8 Å². The smallest absolute Gasteiger partial charge is 0.224 e. The number of para-hydroxylation sites is 1. The summed E-state index contributed by atoms with van der Waals surface area (Å²) in [5, 5.41) is 3.85. The minimum absolute atomic E-state index is 0.0285. The van der Waals surface area contributed by atoms with E-state index >= 15 is 0 Å². The average molecular weight is 394 g/mol. The molecular formula is C22H23N3O2S. The molecule has 0 bridgehead atoms. The second-order valence-electron chi connectivity index (χ2n) is 7.18. The van der Waals surface area contributed by atoms with Gasteiger partial charge >= 0.3 is 0 Å². The molecule has 1 aromatic heterocycles. The first-order valence-corrected chi connectivity index (χ1v) is 10.4. The van der Waals surface area contributed by atoms with Crippen molar-refractivity contribution in [1.82, 2.24) is 9.88 Å². The van der Waals surface area contributed by atoms with Crippen molar-refractivity contribution >= 4 is 39.1 Å². The van der Waals surface area contributed by atoms with E-state index in [2.05, 4.69) is 11.4 Å². The quantitative estimate of drug-likeness (QED) is 0.684. The molecular weight excluding hydrogens is 370 g/mol. The Morgan fingerprint density at radius 2 is 1.93 bits per heavy atom. The number of hydrogen-bond donors (Lipinski definition) is 1. The first-order valence-electron chi connectivity index (χ1n) is 9.61. The number of amides is 2. The second kappa shape index (κ2) is 8.10. The molecule has 1 unspecified atom stereocenters. The van der Waals surface area contributed by atoms with E-state index < -0.39 is 0 Å². The minimum Gasteiger partial charge on any atom is -0.333 e. The summed E-state index contributed by atoms with van der Waals surface area (Å²) >= 11 is 1.66. The van der Waals surface area contributed by atoms with Crippen LogP contribution >= 0.6 is 11.3 Å². The standard InChI is InChI=1S/C22H23N3O2S/c1-15-8-10-16(11-9-15)23-20(26)12-13-21(27)25-14-4-6-18(25)22-24-17-5-2-3-7-19(17)28-22/h2-3,5,7-11,18H,4,6,12-14H2,1H3,(H,23,26). The molecule has 3 aromatic rings. The van der Waals surface area contributed by atoms with Crippen LogP contribution in [0.5, 0.6) is 0 Å². The van der Waals surface area contributed by atoms with Gasteiger partial charge in [-0.05, 0) is 44.0 Å². The van der Waals surface area contributed by atoms with Crippen molar-refractivity contribution in [3.63, 3.8) is 0 Å². The number of hydrogen-bond acceptors (Lipinski definition) is 4.